The monoisotopic (exact) mass is 692 g/mol. The van der Waals surface area contributed by atoms with E-state index in [1.54, 1.807) is 12.1 Å². The van der Waals surface area contributed by atoms with Gasteiger partial charge in [-0.15, -0.1) is 19.8 Å². The van der Waals surface area contributed by atoms with Crippen molar-refractivity contribution in [3.8, 4) is 16.9 Å². The summed E-state index contributed by atoms with van der Waals surface area (Å²) in [5, 5.41) is 0. The van der Waals surface area contributed by atoms with Gasteiger partial charge in [0.25, 0.3) is 0 Å². The highest BCUT2D eigenvalue weighted by atomic mass is 19.4. The van der Waals surface area contributed by atoms with Crippen LogP contribution in [0.25, 0.3) is 11.1 Å². The minimum Gasteiger partial charge on any atom is -0.429 e. The number of alkyl halides is 7. The molecule has 0 atom stereocenters. The summed E-state index contributed by atoms with van der Waals surface area (Å²) < 4.78 is 159. The van der Waals surface area contributed by atoms with Gasteiger partial charge < -0.3 is 4.74 Å². The van der Waals surface area contributed by atoms with E-state index in [-0.39, 0.29) is 17.7 Å². The molecule has 2 saturated carbocycles. The molecule has 3 aromatic carbocycles. The Labute approximate surface area is 269 Å². The lowest BCUT2D eigenvalue weighted by atomic mass is 9.68. The van der Waals surface area contributed by atoms with Crippen molar-refractivity contribution in [3.05, 3.63) is 101 Å². The number of halogens is 11. The summed E-state index contributed by atoms with van der Waals surface area (Å²) in [6.07, 6.45) is -5.40. The van der Waals surface area contributed by atoms with Crippen LogP contribution in [0.1, 0.15) is 74.0 Å². The van der Waals surface area contributed by atoms with E-state index in [9.17, 15) is 48.3 Å². The highest BCUT2D eigenvalue weighted by molar-refractivity contribution is 5.64. The number of hydrogen-bond acceptors (Lipinski definition) is 2. The van der Waals surface area contributed by atoms with E-state index in [1.807, 2.05) is 12.1 Å². The van der Waals surface area contributed by atoms with Gasteiger partial charge in [0.15, 0.2) is 0 Å². The van der Waals surface area contributed by atoms with Gasteiger partial charge in [0.1, 0.15) is 40.1 Å². The summed E-state index contributed by atoms with van der Waals surface area (Å²) in [5.41, 5.74) is -3.21. The Morgan fingerprint density at radius 3 is 1.52 bits per heavy atom. The molecule has 5 rings (SSSR count). The average molecular weight is 693 g/mol. The van der Waals surface area contributed by atoms with Crippen molar-refractivity contribution in [1.82, 2.24) is 0 Å². The predicted octanol–water partition coefficient (Wildman–Crippen LogP) is 11.9. The molecule has 0 amide bonds. The molecule has 2 aliphatic carbocycles. The van der Waals surface area contributed by atoms with E-state index in [0.717, 1.165) is 37.2 Å². The minimum atomic E-state index is -6.02. The van der Waals surface area contributed by atoms with Gasteiger partial charge >= 0.3 is 18.6 Å². The van der Waals surface area contributed by atoms with Crippen LogP contribution in [-0.2, 0) is 17.0 Å². The fraction of sp³-hybridized carbons (Fsp3) is 0.429. The first-order chi connectivity index (χ1) is 22.5. The zero-order valence-corrected chi connectivity index (χ0v) is 25.3. The van der Waals surface area contributed by atoms with Gasteiger partial charge in [-0.3, -0.25) is 0 Å². The molecule has 2 nitrogen and oxygen atoms in total. The summed E-state index contributed by atoms with van der Waals surface area (Å²) >= 11 is 0. The Morgan fingerprint density at radius 1 is 0.583 bits per heavy atom. The molecule has 48 heavy (non-hydrogen) atoms. The topological polar surface area (TPSA) is 18.5 Å². The van der Waals surface area contributed by atoms with Gasteiger partial charge in [0.2, 0.25) is 0 Å². The summed E-state index contributed by atoms with van der Waals surface area (Å²) in [6.45, 7) is 3.91. The molecule has 2 fully saturated rings. The maximum Gasteiger partial charge on any atom is 0.527 e. The van der Waals surface area contributed by atoms with E-state index < -0.39 is 58.7 Å². The Hall–Kier alpha value is -3.61. The highest BCUT2D eigenvalue weighted by Gasteiger charge is 2.50. The van der Waals surface area contributed by atoms with E-state index in [0.29, 0.717) is 35.4 Å². The SMILES string of the molecule is C=CC1CCC(C2CCC(c3ccc(-c4cc(F)c(C(F)(F)Oc5cc(F)c(C(F)(F)OC(F)(F)F)c(F)c5)c(F)c4)cc3)CC2)CC1. The van der Waals surface area contributed by atoms with Gasteiger partial charge in [0, 0.05) is 12.1 Å². The molecule has 0 spiro atoms. The van der Waals surface area contributed by atoms with Crippen LogP contribution >= 0.6 is 0 Å². The van der Waals surface area contributed by atoms with Crippen LogP contribution in [0, 0.1) is 41.0 Å². The molecular formula is C35H31F11O2. The lowest BCUT2D eigenvalue weighted by Crippen LogP contribution is -2.30. The average Bonchev–Trinajstić information content (AvgIpc) is 2.99. The van der Waals surface area contributed by atoms with Crippen molar-refractivity contribution in [3.63, 3.8) is 0 Å². The molecular weight excluding hydrogens is 661 g/mol. The first-order valence-corrected chi connectivity index (χ1v) is 15.4. The lowest BCUT2D eigenvalue weighted by molar-refractivity contribution is -0.432. The molecule has 0 unspecified atom stereocenters. The smallest absolute Gasteiger partial charge is 0.429 e. The van der Waals surface area contributed by atoms with Crippen LogP contribution in [0.5, 0.6) is 5.75 Å². The van der Waals surface area contributed by atoms with Crippen LogP contribution < -0.4 is 4.74 Å². The van der Waals surface area contributed by atoms with Crippen LogP contribution in [0.4, 0.5) is 48.3 Å². The summed E-state index contributed by atoms with van der Waals surface area (Å²) in [4.78, 5) is 0. The van der Waals surface area contributed by atoms with Crippen molar-refractivity contribution >= 4 is 0 Å². The van der Waals surface area contributed by atoms with Gasteiger partial charge in [-0.1, -0.05) is 30.3 Å². The molecule has 13 heteroatoms. The third-order valence-corrected chi connectivity index (χ3v) is 9.43. The Balaban J connectivity index is 1.26. The second-order valence-corrected chi connectivity index (χ2v) is 12.4. The van der Waals surface area contributed by atoms with Crippen molar-refractivity contribution in [2.24, 2.45) is 17.8 Å². The highest BCUT2D eigenvalue weighted by Crippen LogP contribution is 2.45. The van der Waals surface area contributed by atoms with Crippen molar-refractivity contribution in [2.45, 2.75) is 75.9 Å². The number of allylic oxidation sites excluding steroid dienone is 1. The lowest BCUT2D eigenvalue weighted by Gasteiger charge is -2.37. The first-order valence-electron chi connectivity index (χ1n) is 15.4. The molecule has 0 aromatic heterocycles. The zero-order chi connectivity index (χ0) is 35.0. The molecule has 3 aromatic rings. The maximum absolute atomic E-state index is 15.0. The van der Waals surface area contributed by atoms with E-state index in [1.165, 1.54) is 25.7 Å². The quantitative estimate of drug-likeness (QED) is 0.164. The van der Waals surface area contributed by atoms with Crippen molar-refractivity contribution in [2.75, 3.05) is 0 Å². The largest absolute Gasteiger partial charge is 0.527 e. The van der Waals surface area contributed by atoms with Gasteiger partial charge in [-0.2, -0.15) is 17.6 Å². The third-order valence-electron chi connectivity index (χ3n) is 9.43. The minimum absolute atomic E-state index is 0.0942. The molecule has 0 aliphatic heterocycles. The zero-order valence-electron chi connectivity index (χ0n) is 25.3. The molecule has 0 radical (unpaired) electrons. The normalized spacial score (nSPS) is 22.4. The summed E-state index contributed by atoms with van der Waals surface area (Å²) in [6, 6.07) is 7.50. The second-order valence-electron chi connectivity index (χ2n) is 12.4. The van der Waals surface area contributed by atoms with Crippen LogP contribution in [-0.4, -0.2) is 6.36 Å². The molecule has 0 N–H and O–H groups in total. The van der Waals surface area contributed by atoms with Crippen LogP contribution in [0.2, 0.25) is 0 Å². The van der Waals surface area contributed by atoms with Gasteiger partial charge in [-0.05, 0) is 104 Å². The molecule has 0 heterocycles. The third kappa shape index (κ3) is 7.98. The van der Waals surface area contributed by atoms with Gasteiger partial charge in [-0.25, -0.2) is 22.3 Å². The number of benzene rings is 3. The Morgan fingerprint density at radius 2 is 1.04 bits per heavy atom. The number of ether oxygens (including phenoxy) is 2. The molecule has 0 bridgehead atoms. The predicted molar refractivity (Wildman–Crippen MR) is 154 cm³/mol. The van der Waals surface area contributed by atoms with E-state index >= 15 is 0 Å². The van der Waals surface area contributed by atoms with Crippen LogP contribution in [0.3, 0.4) is 0 Å². The van der Waals surface area contributed by atoms with Crippen LogP contribution in [0.15, 0.2) is 61.2 Å². The first kappa shape index (κ1) is 35.7. The fourth-order valence-corrected chi connectivity index (χ4v) is 7.02. The van der Waals surface area contributed by atoms with Gasteiger partial charge in [0.05, 0.1) is 0 Å². The maximum atomic E-state index is 15.0. The molecule has 2 aliphatic rings. The van der Waals surface area contributed by atoms with Crippen molar-refractivity contribution < 1.29 is 57.8 Å². The number of hydrogen-bond donors (Lipinski definition) is 0. The molecule has 260 valence electrons. The summed E-state index contributed by atoms with van der Waals surface area (Å²) in [7, 11) is 0. The van der Waals surface area contributed by atoms with E-state index in [4.69, 9.17) is 0 Å². The fourth-order valence-electron chi connectivity index (χ4n) is 7.02. The Kier molecular flexibility index (Phi) is 10.2. The standard InChI is InChI=1S/C35H31F11O2/c1-2-19-3-5-20(6-4-19)21-7-9-22(10-8-21)23-11-13-24(14-12-23)25-15-27(36)31(28(37)16-25)33(40,41)47-26-17-29(38)32(30(39)18-26)34(42,43)48-35(44,45)46/h2,11-22H,1,3-10H2. The summed E-state index contributed by atoms with van der Waals surface area (Å²) in [5.74, 6) is -7.67. The number of rotatable bonds is 9. The second kappa shape index (κ2) is 13.7. The molecule has 0 saturated heterocycles. The Bertz CT molecular complexity index is 1560. The van der Waals surface area contributed by atoms with Crippen molar-refractivity contribution in [1.29, 1.82) is 0 Å². The van der Waals surface area contributed by atoms with E-state index in [2.05, 4.69) is 22.1 Å².